The standard InChI is InChI=1S/C14H19N3O3/c1-9-3-4-11(17(19)20)7-12(9)14(18)16-13-8-15-6-5-10(13)2/h3-4,7,10,13,15H,5-6,8H2,1-2H3,(H,16,18). The van der Waals surface area contributed by atoms with Crippen LogP contribution in [0.5, 0.6) is 0 Å². The first-order valence-corrected chi connectivity index (χ1v) is 6.75. The number of amides is 1. The van der Waals surface area contributed by atoms with Gasteiger partial charge in [0.1, 0.15) is 0 Å². The van der Waals surface area contributed by atoms with Gasteiger partial charge in [-0.15, -0.1) is 0 Å². The van der Waals surface area contributed by atoms with Gasteiger partial charge in [0.05, 0.1) is 4.92 Å². The number of nitrogens with one attached hydrogen (secondary N) is 2. The second-order valence-corrected chi connectivity index (χ2v) is 5.31. The number of piperidine rings is 1. The lowest BCUT2D eigenvalue weighted by Gasteiger charge is -2.30. The largest absolute Gasteiger partial charge is 0.348 e. The van der Waals surface area contributed by atoms with Crippen molar-refractivity contribution in [1.29, 1.82) is 0 Å². The van der Waals surface area contributed by atoms with Crippen molar-refractivity contribution in [3.63, 3.8) is 0 Å². The third-order valence-electron chi connectivity index (χ3n) is 3.82. The molecule has 2 N–H and O–H groups in total. The van der Waals surface area contributed by atoms with E-state index in [-0.39, 0.29) is 17.6 Å². The molecule has 1 aliphatic heterocycles. The van der Waals surface area contributed by atoms with Crippen molar-refractivity contribution in [1.82, 2.24) is 10.6 Å². The number of aryl methyl sites for hydroxylation is 1. The molecule has 2 atom stereocenters. The zero-order chi connectivity index (χ0) is 14.7. The molecular weight excluding hydrogens is 258 g/mol. The summed E-state index contributed by atoms with van der Waals surface area (Å²) in [5, 5.41) is 17.0. The second kappa shape index (κ2) is 6.00. The number of nitro groups is 1. The quantitative estimate of drug-likeness (QED) is 0.649. The van der Waals surface area contributed by atoms with E-state index in [1.54, 1.807) is 13.0 Å². The third-order valence-corrected chi connectivity index (χ3v) is 3.82. The predicted molar refractivity (Wildman–Crippen MR) is 75.7 cm³/mol. The maximum atomic E-state index is 12.3. The van der Waals surface area contributed by atoms with Crippen molar-refractivity contribution in [3.05, 3.63) is 39.4 Å². The van der Waals surface area contributed by atoms with Gasteiger partial charge in [0.15, 0.2) is 0 Å². The molecule has 1 fully saturated rings. The highest BCUT2D eigenvalue weighted by Gasteiger charge is 2.24. The van der Waals surface area contributed by atoms with Gasteiger partial charge in [0.2, 0.25) is 0 Å². The van der Waals surface area contributed by atoms with Crippen molar-refractivity contribution in [2.45, 2.75) is 26.3 Å². The zero-order valence-corrected chi connectivity index (χ0v) is 11.7. The molecule has 0 spiro atoms. The van der Waals surface area contributed by atoms with E-state index in [0.717, 1.165) is 25.1 Å². The van der Waals surface area contributed by atoms with Gasteiger partial charge in [0.25, 0.3) is 11.6 Å². The summed E-state index contributed by atoms with van der Waals surface area (Å²) in [6.45, 7) is 5.58. The number of nitrogens with zero attached hydrogens (tertiary/aromatic N) is 1. The highest BCUT2D eigenvalue weighted by atomic mass is 16.6. The van der Waals surface area contributed by atoms with Gasteiger partial charge in [-0.3, -0.25) is 14.9 Å². The molecule has 0 aliphatic carbocycles. The lowest BCUT2D eigenvalue weighted by atomic mass is 9.94. The molecule has 0 saturated carbocycles. The van der Waals surface area contributed by atoms with Crippen molar-refractivity contribution < 1.29 is 9.72 Å². The van der Waals surface area contributed by atoms with Gasteiger partial charge in [-0.1, -0.05) is 13.0 Å². The highest BCUT2D eigenvalue weighted by molar-refractivity contribution is 5.96. The number of hydrogen-bond acceptors (Lipinski definition) is 4. The van der Waals surface area contributed by atoms with E-state index in [1.165, 1.54) is 12.1 Å². The Labute approximate surface area is 117 Å². The molecular formula is C14H19N3O3. The van der Waals surface area contributed by atoms with Crippen LogP contribution in [0, 0.1) is 23.0 Å². The summed E-state index contributed by atoms with van der Waals surface area (Å²) in [5.74, 6) is 0.158. The average Bonchev–Trinajstić information content (AvgIpc) is 2.41. The van der Waals surface area contributed by atoms with Crippen LogP contribution in [0.1, 0.15) is 29.3 Å². The molecule has 1 aromatic carbocycles. The fourth-order valence-electron chi connectivity index (χ4n) is 2.40. The van der Waals surface area contributed by atoms with E-state index in [1.807, 2.05) is 0 Å². The molecule has 2 unspecified atom stereocenters. The van der Waals surface area contributed by atoms with Gasteiger partial charge in [-0.05, 0) is 31.4 Å². The van der Waals surface area contributed by atoms with Crippen LogP contribution >= 0.6 is 0 Å². The minimum Gasteiger partial charge on any atom is -0.348 e. The van der Waals surface area contributed by atoms with Crippen molar-refractivity contribution in [2.75, 3.05) is 13.1 Å². The fraction of sp³-hybridized carbons (Fsp3) is 0.500. The van der Waals surface area contributed by atoms with Crippen LogP contribution in [0.2, 0.25) is 0 Å². The van der Waals surface area contributed by atoms with E-state index >= 15 is 0 Å². The molecule has 6 nitrogen and oxygen atoms in total. The Kier molecular flexibility index (Phi) is 4.34. The van der Waals surface area contributed by atoms with Gasteiger partial charge < -0.3 is 10.6 Å². The molecule has 0 aromatic heterocycles. The van der Waals surface area contributed by atoms with Crippen molar-refractivity contribution >= 4 is 11.6 Å². The number of nitro benzene ring substituents is 1. The first-order chi connectivity index (χ1) is 9.49. The van der Waals surface area contributed by atoms with Crippen LogP contribution in [0.25, 0.3) is 0 Å². The summed E-state index contributed by atoms with van der Waals surface area (Å²) >= 11 is 0. The van der Waals surface area contributed by atoms with Crippen LogP contribution in [0.3, 0.4) is 0 Å². The van der Waals surface area contributed by atoms with Crippen LogP contribution in [0.4, 0.5) is 5.69 Å². The van der Waals surface area contributed by atoms with Crippen LogP contribution in [-0.4, -0.2) is 30.0 Å². The summed E-state index contributed by atoms with van der Waals surface area (Å²) in [6.07, 6.45) is 1.01. The summed E-state index contributed by atoms with van der Waals surface area (Å²) in [4.78, 5) is 22.6. The number of carbonyl (C=O) groups is 1. The van der Waals surface area contributed by atoms with Gasteiger partial charge in [-0.2, -0.15) is 0 Å². The Bertz CT molecular complexity index is 530. The molecule has 20 heavy (non-hydrogen) atoms. The minimum absolute atomic E-state index is 0.0597. The predicted octanol–water partition coefficient (Wildman–Crippen LogP) is 1.63. The second-order valence-electron chi connectivity index (χ2n) is 5.31. The molecule has 6 heteroatoms. The number of rotatable bonds is 3. The summed E-state index contributed by atoms with van der Waals surface area (Å²) in [6, 6.07) is 4.42. The maximum absolute atomic E-state index is 12.3. The number of non-ortho nitro benzene ring substituents is 1. The Morgan fingerprint density at radius 1 is 1.50 bits per heavy atom. The van der Waals surface area contributed by atoms with Gasteiger partial charge in [-0.25, -0.2) is 0 Å². The van der Waals surface area contributed by atoms with Gasteiger partial charge >= 0.3 is 0 Å². The Morgan fingerprint density at radius 3 is 2.90 bits per heavy atom. The Hall–Kier alpha value is -1.95. The number of hydrogen-bond donors (Lipinski definition) is 2. The summed E-state index contributed by atoms with van der Waals surface area (Å²) in [5.41, 5.74) is 1.05. The SMILES string of the molecule is Cc1ccc([N+](=O)[O-])cc1C(=O)NC1CNCCC1C. The molecule has 0 bridgehead atoms. The average molecular weight is 277 g/mol. The maximum Gasteiger partial charge on any atom is 0.270 e. The zero-order valence-electron chi connectivity index (χ0n) is 11.7. The topological polar surface area (TPSA) is 84.3 Å². The molecule has 108 valence electrons. The molecule has 1 aliphatic rings. The Morgan fingerprint density at radius 2 is 2.25 bits per heavy atom. The highest BCUT2D eigenvalue weighted by Crippen LogP contribution is 2.18. The van der Waals surface area contributed by atoms with Crippen LogP contribution in [-0.2, 0) is 0 Å². The molecule has 1 heterocycles. The number of carbonyl (C=O) groups excluding carboxylic acids is 1. The Balaban J connectivity index is 2.16. The minimum atomic E-state index is -0.485. The molecule has 1 saturated heterocycles. The lowest BCUT2D eigenvalue weighted by Crippen LogP contribution is -2.50. The monoisotopic (exact) mass is 277 g/mol. The van der Waals surface area contributed by atoms with E-state index in [4.69, 9.17) is 0 Å². The molecule has 2 rings (SSSR count). The van der Waals surface area contributed by atoms with Crippen molar-refractivity contribution in [2.24, 2.45) is 5.92 Å². The van der Waals surface area contributed by atoms with Crippen LogP contribution < -0.4 is 10.6 Å². The third kappa shape index (κ3) is 3.14. The van der Waals surface area contributed by atoms with Gasteiger partial charge in [0, 0.05) is 30.3 Å². The summed E-state index contributed by atoms with van der Waals surface area (Å²) < 4.78 is 0. The van der Waals surface area contributed by atoms with E-state index < -0.39 is 4.92 Å². The molecule has 1 amide bonds. The van der Waals surface area contributed by atoms with E-state index in [0.29, 0.717) is 11.5 Å². The fourth-order valence-corrected chi connectivity index (χ4v) is 2.40. The van der Waals surface area contributed by atoms with E-state index in [9.17, 15) is 14.9 Å². The smallest absolute Gasteiger partial charge is 0.270 e. The van der Waals surface area contributed by atoms with Crippen molar-refractivity contribution in [3.8, 4) is 0 Å². The first-order valence-electron chi connectivity index (χ1n) is 6.75. The van der Waals surface area contributed by atoms with Crippen LogP contribution in [0.15, 0.2) is 18.2 Å². The summed E-state index contributed by atoms with van der Waals surface area (Å²) in [7, 11) is 0. The first kappa shape index (κ1) is 14.5. The lowest BCUT2D eigenvalue weighted by molar-refractivity contribution is -0.384. The molecule has 0 radical (unpaired) electrons. The normalized spacial score (nSPS) is 22.3. The van der Waals surface area contributed by atoms with E-state index in [2.05, 4.69) is 17.6 Å². The molecule has 1 aromatic rings. The number of benzene rings is 1.